The number of aliphatic hydroxyl groups is 1. The molecule has 1 aromatic heterocycles. The highest BCUT2D eigenvalue weighted by atomic mass is 16.5. The number of carbonyl (C=O) groups is 1. The van der Waals surface area contributed by atoms with E-state index >= 15 is 0 Å². The lowest BCUT2D eigenvalue weighted by molar-refractivity contribution is -0.0179. The zero-order chi connectivity index (χ0) is 18.7. The summed E-state index contributed by atoms with van der Waals surface area (Å²) in [5.74, 6) is 0.444. The second-order valence-electron chi connectivity index (χ2n) is 6.57. The first-order valence-corrected chi connectivity index (χ1v) is 8.51. The number of ether oxygens (including phenoxy) is 1. The normalized spacial score (nSPS) is 18.8. The molecule has 2 unspecified atom stereocenters. The molecule has 2 heterocycles. The van der Waals surface area contributed by atoms with Gasteiger partial charge in [-0.05, 0) is 49.6 Å². The van der Waals surface area contributed by atoms with E-state index in [1.165, 1.54) is 12.3 Å². The second-order valence-corrected chi connectivity index (χ2v) is 6.57. The molecule has 0 radical (unpaired) electrons. The first-order chi connectivity index (χ1) is 12.5. The SMILES string of the molecule is COc1ccc(C(C)(O)C2CCCN2C(=O)c2cc(C#N)ccn2)cc1. The van der Waals surface area contributed by atoms with Gasteiger partial charge in [-0.2, -0.15) is 5.26 Å². The van der Waals surface area contributed by atoms with Crippen LogP contribution in [-0.2, 0) is 5.60 Å². The third-order valence-corrected chi connectivity index (χ3v) is 4.95. The number of nitrogens with zero attached hydrogens (tertiary/aromatic N) is 3. The Balaban J connectivity index is 1.88. The average molecular weight is 351 g/mol. The van der Waals surface area contributed by atoms with Crippen molar-refractivity contribution in [1.29, 1.82) is 5.26 Å². The minimum absolute atomic E-state index is 0.224. The van der Waals surface area contributed by atoms with Gasteiger partial charge in [-0.15, -0.1) is 0 Å². The van der Waals surface area contributed by atoms with Crippen molar-refractivity contribution >= 4 is 5.91 Å². The van der Waals surface area contributed by atoms with Crippen LogP contribution < -0.4 is 4.74 Å². The molecule has 3 rings (SSSR count). The van der Waals surface area contributed by atoms with Crippen LogP contribution in [0.5, 0.6) is 5.75 Å². The van der Waals surface area contributed by atoms with Crippen molar-refractivity contribution in [2.24, 2.45) is 0 Å². The first kappa shape index (κ1) is 17.9. The van der Waals surface area contributed by atoms with E-state index in [9.17, 15) is 9.90 Å². The molecule has 1 N–H and O–H groups in total. The molecule has 0 bridgehead atoms. The van der Waals surface area contributed by atoms with Gasteiger partial charge >= 0.3 is 0 Å². The number of hydrogen-bond acceptors (Lipinski definition) is 5. The zero-order valence-electron chi connectivity index (χ0n) is 14.8. The number of likely N-dealkylation sites (tertiary alicyclic amines) is 1. The zero-order valence-corrected chi connectivity index (χ0v) is 14.8. The Labute approximate surface area is 152 Å². The van der Waals surface area contributed by atoms with Crippen LogP contribution >= 0.6 is 0 Å². The number of methoxy groups -OCH3 is 1. The van der Waals surface area contributed by atoms with E-state index in [1.54, 1.807) is 37.1 Å². The number of nitriles is 1. The molecular formula is C20H21N3O3. The molecule has 1 amide bonds. The van der Waals surface area contributed by atoms with Gasteiger partial charge in [-0.25, -0.2) is 0 Å². The minimum Gasteiger partial charge on any atom is -0.497 e. The lowest BCUT2D eigenvalue weighted by Gasteiger charge is -2.37. The monoisotopic (exact) mass is 351 g/mol. The van der Waals surface area contributed by atoms with Gasteiger partial charge in [0.1, 0.15) is 17.0 Å². The van der Waals surface area contributed by atoms with Crippen LogP contribution in [-0.4, -0.2) is 40.6 Å². The Hall–Kier alpha value is -2.91. The summed E-state index contributed by atoms with van der Waals surface area (Å²) in [5.41, 5.74) is 0.134. The maximum absolute atomic E-state index is 12.9. The van der Waals surface area contributed by atoms with Crippen molar-refractivity contribution in [3.63, 3.8) is 0 Å². The maximum atomic E-state index is 12.9. The van der Waals surface area contributed by atoms with Crippen molar-refractivity contribution in [3.05, 3.63) is 59.4 Å². The molecule has 1 fully saturated rings. The highest BCUT2D eigenvalue weighted by Gasteiger charge is 2.43. The first-order valence-electron chi connectivity index (χ1n) is 8.51. The highest BCUT2D eigenvalue weighted by Crippen LogP contribution is 2.36. The van der Waals surface area contributed by atoms with Crippen LogP contribution in [0.2, 0.25) is 0 Å². The van der Waals surface area contributed by atoms with Gasteiger partial charge in [0, 0.05) is 12.7 Å². The van der Waals surface area contributed by atoms with Gasteiger partial charge in [0.25, 0.3) is 5.91 Å². The van der Waals surface area contributed by atoms with E-state index in [-0.39, 0.29) is 17.6 Å². The van der Waals surface area contributed by atoms with Crippen LogP contribution in [0.3, 0.4) is 0 Å². The quantitative estimate of drug-likeness (QED) is 0.914. The molecule has 1 aliphatic heterocycles. The molecule has 1 saturated heterocycles. The number of rotatable bonds is 4. The summed E-state index contributed by atoms with van der Waals surface area (Å²) in [7, 11) is 1.59. The van der Waals surface area contributed by atoms with Crippen LogP contribution in [0.25, 0.3) is 0 Å². The number of pyridine rings is 1. The van der Waals surface area contributed by atoms with Crippen LogP contribution in [0.15, 0.2) is 42.6 Å². The van der Waals surface area contributed by atoms with Crippen molar-refractivity contribution in [2.75, 3.05) is 13.7 Å². The summed E-state index contributed by atoms with van der Waals surface area (Å²) < 4.78 is 5.17. The number of aromatic nitrogens is 1. The summed E-state index contributed by atoms with van der Waals surface area (Å²) in [5, 5.41) is 20.2. The van der Waals surface area contributed by atoms with Crippen LogP contribution in [0.4, 0.5) is 0 Å². The molecule has 26 heavy (non-hydrogen) atoms. The molecule has 2 aromatic rings. The summed E-state index contributed by atoms with van der Waals surface area (Å²) in [6.45, 7) is 2.28. The van der Waals surface area contributed by atoms with Gasteiger partial charge in [-0.1, -0.05) is 12.1 Å². The Morgan fingerprint density at radius 3 is 2.77 bits per heavy atom. The van der Waals surface area contributed by atoms with E-state index < -0.39 is 5.60 Å². The standard InChI is InChI=1S/C20H21N3O3/c1-20(25,15-5-7-16(26-2)8-6-15)18-4-3-11-23(18)19(24)17-12-14(13-21)9-10-22-17/h5-10,12,18,25H,3-4,11H2,1-2H3. The van der Waals surface area contributed by atoms with Gasteiger partial charge in [-0.3, -0.25) is 9.78 Å². The molecule has 1 aliphatic rings. The summed E-state index contributed by atoms with van der Waals surface area (Å²) in [4.78, 5) is 18.7. The topological polar surface area (TPSA) is 86.5 Å². The Kier molecular flexibility index (Phi) is 4.92. The highest BCUT2D eigenvalue weighted by molar-refractivity contribution is 5.93. The predicted molar refractivity (Wildman–Crippen MR) is 95.6 cm³/mol. The average Bonchev–Trinajstić information content (AvgIpc) is 3.18. The lowest BCUT2D eigenvalue weighted by Crippen LogP contribution is -2.48. The molecule has 2 atom stereocenters. The summed E-state index contributed by atoms with van der Waals surface area (Å²) in [6.07, 6.45) is 2.96. The van der Waals surface area contributed by atoms with Gasteiger partial charge in [0.15, 0.2) is 0 Å². The minimum atomic E-state index is -1.20. The van der Waals surface area contributed by atoms with Crippen molar-refractivity contribution < 1.29 is 14.6 Å². The van der Waals surface area contributed by atoms with Gasteiger partial charge < -0.3 is 14.7 Å². The maximum Gasteiger partial charge on any atom is 0.272 e. The van der Waals surface area contributed by atoms with Gasteiger partial charge in [0.2, 0.25) is 0 Å². The largest absolute Gasteiger partial charge is 0.497 e. The van der Waals surface area contributed by atoms with E-state index in [0.717, 1.165) is 12.0 Å². The summed E-state index contributed by atoms with van der Waals surface area (Å²) in [6, 6.07) is 11.9. The molecular weight excluding hydrogens is 330 g/mol. The predicted octanol–water partition coefficient (Wildman–Crippen LogP) is 2.47. The van der Waals surface area contributed by atoms with E-state index in [2.05, 4.69) is 4.98 Å². The number of hydrogen-bond donors (Lipinski definition) is 1. The molecule has 134 valence electrons. The molecule has 1 aromatic carbocycles. The van der Waals surface area contributed by atoms with Crippen molar-refractivity contribution in [2.45, 2.75) is 31.4 Å². The van der Waals surface area contributed by atoms with Crippen molar-refractivity contribution in [1.82, 2.24) is 9.88 Å². The Morgan fingerprint density at radius 2 is 2.12 bits per heavy atom. The van der Waals surface area contributed by atoms with Crippen LogP contribution in [0.1, 0.15) is 41.4 Å². The van der Waals surface area contributed by atoms with E-state index in [4.69, 9.17) is 10.00 Å². The smallest absolute Gasteiger partial charge is 0.272 e. The second kappa shape index (κ2) is 7.14. The van der Waals surface area contributed by atoms with Crippen LogP contribution in [0, 0.1) is 11.3 Å². The van der Waals surface area contributed by atoms with Gasteiger partial charge in [0.05, 0.1) is 24.8 Å². The fraction of sp³-hybridized carbons (Fsp3) is 0.350. The molecule has 0 spiro atoms. The van der Waals surface area contributed by atoms with Crippen molar-refractivity contribution in [3.8, 4) is 11.8 Å². The molecule has 0 saturated carbocycles. The third-order valence-electron chi connectivity index (χ3n) is 4.95. The number of benzene rings is 1. The number of amides is 1. The fourth-order valence-corrected chi connectivity index (χ4v) is 3.48. The molecule has 6 nitrogen and oxygen atoms in total. The molecule has 6 heteroatoms. The van der Waals surface area contributed by atoms with E-state index in [0.29, 0.717) is 24.3 Å². The Bertz CT molecular complexity index is 840. The fourth-order valence-electron chi connectivity index (χ4n) is 3.48. The summed E-state index contributed by atoms with van der Waals surface area (Å²) >= 11 is 0. The molecule has 0 aliphatic carbocycles. The third kappa shape index (κ3) is 3.26. The lowest BCUT2D eigenvalue weighted by atomic mass is 9.86. The number of carbonyl (C=O) groups excluding carboxylic acids is 1. The Morgan fingerprint density at radius 1 is 1.38 bits per heavy atom. The van der Waals surface area contributed by atoms with E-state index in [1.807, 2.05) is 18.2 Å².